The zero-order chi connectivity index (χ0) is 12.4. The highest BCUT2D eigenvalue weighted by atomic mass is 32.2. The fourth-order valence-corrected chi connectivity index (χ4v) is 2.30. The molecule has 1 aromatic rings. The van der Waals surface area contributed by atoms with Gasteiger partial charge in [-0.15, -0.1) is 0 Å². The normalized spacial score (nSPS) is 22.4. The van der Waals surface area contributed by atoms with E-state index in [9.17, 15) is 0 Å². The van der Waals surface area contributed by atoms with Crippen molar-refractivity contribution < 1.29 is 0 Å². The van der Waals surface area contributed by atoms with Crippen LogP contribution in [-0.4, -0.2) is 36.9 Å². The molecule has 0 radical (unpaired) electrons. The summed E-state index contributed by atoms with van der Waals surface area (Å²) in [6.45, 7) is 3.40. The molecule has 0 amide bonds. The molecule has 1 saturated carbocycles. The quantitative estimate of drug-likeness (QED) is 0.643. The fourth-order valence-electron chi connectivity index (χ4n) is 1.93. The summed E-state index contributed by atoms with van der Waals surface area (Å²) in [6.07, 6.45) is 3.35. The average Bonchev–Trinajstić information content (AvgIpc) is 3.04. The van der Waals surface area contributed by atoms with Crippen molar-refractivity contribution in [2.45, 2.75) is 18.5 Å². The van der Waals surface area contributed by atoms with Crippen molar-refractivity contribution in [2.24, 2.45) is 11.8 Å². The Labute approximate surface area is 107 Å². The van der Waals surface area contributed by atoms with Gasteiger partial charge in [0.05, 0.1) is 0 Å². The summed E-state index contributed by atoms with van der Waals surface area (Å²) >= 11 is 1.58. The SMILES string of the molecule is CNc1cc(N(C)CC2CC2C)nc(SC)n1. The maximum atomic E-state index is 4.54. The highest BCUT2D eigenvalue weighted by Gasteiger charge is 2.33. The molecule has 2 rings (SSSR count). The Morgan fingerprint density at radius 2 is 2.24 bits per heavy atom. The maximum Gasteiger partial charge on any atom is 0.191 e. The van der Waals surface area contributed by atoms with E-state index in [1.54, 1.807) is 11.8 Å². The number of rotatable bonds is 5. The second kappa shape index (κ2) is 5.12. The first kappa shape index (κ1) is 12.5. The van der Waals surface area contributed by atoms with Gasteiger partial charge in [-0.2, -0.15) is 0 Å². The lowest BCUT2D eigenvalue weighted by Crippen LogP contribution is -2.22. The van der Waals surface area contributed by atoms with Crippen LogP contribution in [0.1, 0.15) is 13.3 Å². The fraction of sp³-hybridized carbons (Fsp3) is 0.667. The van der Waals surface area contributed by atoms with E-state index < -0.39 is 0 Å². The van der Waals surface area contributed by atoms with Crippen molar-refractivity contribution in [1.29, 1.82) is 0 Å². The van der Waals surface area contributed by atoms with E-state index in [1.807, 2.05) is 19.4 Å². The maximum absolute atomic E-state index is 4.54. The minimum Gasteiger partial charge on any atom is -0.373 e. The van der Waals surface area contributed by atoms with Crippen LogP contribution in [0.5, 0.6) is 0 Å². The Hall–Kier alpha value is -0.970. The number of nitrogens with one attached hydrogen (secondary N) is 1. The van der Waals surface area contributed by atoms with Gasteiger partial charge in [-0.25, -0.2) is 9.97 Å². The lowest BCUT2D eigenvalue weighted by atomic mass is 10.3. The number of hydrogen-bond donors (Lipinski definition) is 1. The Morgan fingerprint density at radius 3 is 2.76 bits per heavy atom. The van der Waals surface area contributed by atoms with E-state index in [0.717, 1.165) is 35.2 Å². The van der Waals surface area contributed by atoms with E-state index in [-0.39, 0.29) is 0 Å². The molecular weight excluding hydrogens is 232 g/mol. The average molecular weight is 252 g/mol. The monoisotopic (exact) mass is 252 g/mol. The number of aromatic nitrogens is 2. The van der Waals surface area contributed by atoms with Gasteiger partial charge in [0.25, 0.3) is 0 Å². The lowest BCUT2D eigenvalue weighted by molar-refractivity contribution is 0.714. The van der Waals surface area contributed by atoms with Crippen molar-refractivity contribution in [3.8, 4) is 0 Å². The zero-order valence-corrected chi connectivity index (χ0v) is 11.7. The molecule has 1 heterocycles. The summed E-state index contributed by atoms with van der Waals surface area (Å²) in [5.74, 6) is 3.61. The van der Waals surface area contributed by atoms with Crippen LogP contribution >= 0.6 is 11.8 Å². The lowest BCUT2D eigenvalue weighted by Gasteiger charge is -2.19. The van der Waals surface area contributed by atoms with Crippen molar-refractivity contribution in [1.82, 2.24) is 9.97 Å². The molecule has 1 fully saturated rings. The predicted molar refractivity (Wildman–Crippen MR) is 73.9 cm³/mol. The third-order valence-corrected chi connectivity index (χ3v) is 3.85. The van der Waals surface area contributed by atoms with Crippen molar-refractivity contribution in [2.75, 3.05) is 37.1 Å². The van der Waals surface area contributed by atoms with Gasteiger partial charge in [0.2, 0.25) is 0 Å². The molecule has 4 nitrogen and oxygen atoms in total. The van der Waals surface area contributed by atoms with Gasteiger partial charge in [0.1, 0.15) is 11.6 Å². The molecule has 1 aromatic heterocycles. The molecule has 0 aliphatic heterocycles. The van der Waals surface area contributed by atoms with Crippen molar-refractivity contribution in [3.05, 3.63) is 6.07 Å². The molecule has 94 valence electrons. The molecule has 0 saturated heterocycles. The van der Waals surface area contributed by atoms with Crippen LogP contribution < -0.4 is 10.2 Å². The summed E-state index contributed by atoms with van der Waals surface area (Å²) in [7, 11) is 4.00. The largest absolute Gasteiger partial charge is 0.373 e. The summed E-state index contributed by atoms with van der Waals surface area (Å²) in [5, 5.41) is 3.91. The van der Waals surface area contributed by atoms with Crippen LogP contribution in [0.4, 0.5) is 11.6 Å². The van der Waals surface area contributed by atoms with Crippen molar-refractivity contribution >= 4 is 23.4 Å². The molecule has 2 unspecified atom stereocenters. The Kier molecular flexibility index (Phi) is 3.76. The zero-order valence-electron chi connectivity index (χ0n) is 10.9. The highest BCUT2D eigenvalue weighted by molar-refractivity contribution is 7.98. The van der Waals surface area contributed by atoms with Gasteiger partial charge in [-0.3, -0.25) is 0 Å². The van der Waals surface area contributed by atoms with Crippen LogP contribution in [0.25, 0.3) is 0 Å². The second-order valence-corrected chi connectivity index (χ2v) is 5.48. The predicted octanol–water partition coefficient (Wildman–Crippen LogP) is 2.33. The van der Waals surface area contributed by atoms with E-state index in [0.29, 0.717) is 0 Å². The van der Waals surface area contributed by atoms with Crippen LogP contribution in [0.3, 0.4) is 0 Å². The Balaban J connectivity index is 2.12. The standard InChI is InChI=1S/C12H20N4S/c1-8-5-9(8)7-16(3)11-6-10(13-2)14-12(15-11)17-4/h6,8-9H,5,7H2,1-4H3,(H,13,14,15). The molecule has 17 heavy (non-hydrogen) atoms. The van der Waals surface area contributed by atoms with Gasteiger partial charge < -0.3 is 10.2 Å². The summed E-state index contributed by atoms with van der Waals surface area (Å²) in [4.78, 5) is 11.2. The molecule has 0 spiro atoms. The molecule has 0 bridgehead atoms. The first-order valence-corrected chi connectivity index (χ1v) is 7.18. The number of anilines is 2. The molecule has 1 aliphatic carbocycles. The molecule has 2 atom stereocenters. The Morgan fingerprint density at radius 1 is 1.53 bits per heavy atom. The number of thioether (sulfide) groups is 1. The van der Waals surface area contributed by atoms with Crippen LogP contribution in [0.15, 0.2) is 11.2 Å². The van der Waals surface area contributed by atoms with Crippen LogP contribution in [0.2, 0.25) is 0 Å². The first-order chi connectivity index (χ1) is 8.13. The minimum atomic E-state index is 0.822. The molecule has 0 aromatic carbocycles. The number of nitrogens with zero attached hydrogens (tertiary/aromatic N) is 3. The molecule has 1 aliphatic rings. The van der Waals surface area contributed by atoms with Crippen LogP contribution in [-0.2, 0) is 0 Å². The minimum absolute atomic E-state index is 0.822. The van der Waals surface area contributed by atoms with Gasteiger partial charge in [-0.1, -0.05) is 18.7 Å². The van der Waals surface area contributed by atoms with E-state index in [4.69, 9.17) is 0 Å². The van der Waals surface area contributed by atoms with Gasteiger partial charge >= 0.3 is 0 Å². The highest BCUT2D eigenvalue weighted by Crippen LogP contribution is 2.38. The topological polar surface area (TPSA) is 41.0 Å². The van der Waals surface area contributed by atoms with Crippen molar-refractivity contribution in [3.63, 3.8) is 0 Å². The van der Waals surface area contributed by atoms with E-state index in [2.05, 4.69) is 34.2 Å². The summed E-state index contributed by atoms with van der Waals surface area (Å²) < 4.78 is 0. The van der Waals surface area contributed by atoms with Crippen LogP contribution in [0, 0.1) is 11.8 Å². The van der Waals surface area contributed by atoms with E-state index >= 15 is 0 Å². The Bertz CT molecular complexity index is 374. The second-order valence-electron chi connectivity index (χ2n) is 4.70. The number of hydrogen-bond acceptors (Lipinski definition) is 5. The third-order valence-electron chi connectivity index (χ3n) is 3.31. The van der Waals surface area contributed by atoms with Gasteiger partial charge in [-0.05, 0) is 24.5 Å². The summed E-state index contributed by atoms with van der Waals surface area (Å²) in [5.41, 5.74) is 0. The molecule has 1 N–H and O–H groups in total. The van der Waals surface area contributed by atoms with Gasteiger partial charge in [0, 0.05) is 26.7 Å². The summed E-state index contributed by atoms with van der Waals surface area (Å²) in [6, 6.07) is 2.01. The van der Waals surface area contributed by atoms with Gasteiger partial charge in [0.15, 0.2) is 5.16 Å². The first-order valence-electron chi connectivity index (χ1n) is 5.96. The van der Waals surface area contributed by atoms with E-state index in [1.165, 1.54) is 6.42 Å². The molecule has 5 heteroatoms. The third kappa shape index (κ3) is 3.03. The molecular formula is C12H20N4S. The smallest absolute Gasteiger partial charge is 0.191 e.